The number of aryl methyl sites for hydroxylation is 1. The maximum Gasteiger partial charge on any atom is 0.143 e. The van der Waals surface area contributed by atoms with Crippen LogP contribution in [0.3, 0.4) is 0 Å². The van der Waals surface area contributed by atoms with Crippen molar-refractivity contribution in [3.63, 3.8) is 0 Å². The molecule has 4 rings (SSSR count). The first-order valence-electron chi connectivity index (χ1n) is 9.25. The Hall–Kier alpha value is -2.31. The minimum absolute atomic E-state index is 0.0249. The molecular weight excluding hydrogens is 348 g/mol. The Balaban J connectivity index is 1.72. The number of fused-ring (bicyclic) bond motifs is 1. The number of halogens is 2. The number of nitrogens with one attached hydrogen (secondary N) is 1. The summed E-state index contributed by atoms with van der Waals surface area (Å²) >= 11 is 0. The Morgan fingerprint density at radius 1 is 1.15 bits per heavy atom. The largest absolute Gasteiger partial charge is 0.362 e. The maximum atomic E-state index is 14.7. The van der Waals surface area contributed by atoms with E-state index in [2.05, 4.69) is 21.9 Å². The van der Waals surface area contributed by atoms with Gasteiger partial charge in [0.1, 0.15) is 23.6 Å². The zero-order valence-electron chi connectivity index (χ0n) is 15.5. The topological polar surface area (TPSA) is 41.1 Å². The molecule has 1 N–H and O–H groups in total. The number of hydrogen-bond acceptors (Lipinski definition) is 3. The highest BCUT2D eigenvalue weighted by molar-refractivity contribution is 5.75. The summed E-state index contributed by atoms with van der Waals surface area (Å²) in [6.45, 7) is 3.74. The Morgan fingerprint density at radius 2 is 1.93 bits per heavy atom. The fourth-order valence-corrected chi connectivity index (χ4v) is 3.57. The Labute approximate surface area is 157 Å². The highest BCUT2D eigenvalue weighted by Crippen LogP contribution is 2.31. The van der Waals surface area contributed by atoms with Gasteiger partial charge in [0.25, 0.3) is 0 Å². The summed E-state index contributed by atoms with van der Waals surface area (Å²) in [5.74, 6) is -0.174. The Morgan fingerprint density at radius 3 is 2.67 bits per heavy atom. The molecule has 0 amide bonds. The molecule has 1 saturated heterocycles. The zero-order chi connectivity index (χ0) is 19.0. The second kappa shape index (κ2) is 7.37. The minimum Gasteiger partial charge on any atom is -0.362 e. The van der Waals surface area contributed by atoms with Crippen LogP contribution in [-0.2, 0) is 4.74 Å². The van der Waals surface area contributed by atoms with Crippen LogP contribution in [0.2, 0.25) is 0 Å². The zero-order valence-corrected chi connectivity index (χ0v) is 15.5. The molecule has 0 saturated carbocycles. The van der Waals surface area contributed by atoms with Gasteiger partial charge in [-0.25, -0.2) is 13.8 Å². The van der Waals surface area contributed by atoms with Crippen molar-refractivity contribution >= 4 is 11.0 Å². The highest BCUT2D eigenvalue weighted by atomic mass is 19.1. The first-order chi connectivity index (χ1) is 13.0. The van der Waals surface area contributed by atoms with Gasteiger partial charge in [-0.1, -0.05) is 12.1 Å². The van der Waals surface area contributed by atoms with Crippen molar-refractivity contribution < 1.29 is 13.5 Å². The van der Waals surface area contributed by atoms with Gasteiger partial charge in [0.15, 0.2) is 0 Å². The van der Waals surface area contributed by atoms with Crippen LogP contribution in [-0.4, -0.2) is 41.1 Å². The molecule has 1 aliphatic rings. The molecule has 1 unspecified atom stereocenters. The number of ether oxygens (including phenoxy) is 1. The van der Waals surface area contributed by atoms with Gasteiger partial charge < -0.3 is 14.6 Å². The van der Waals surface area contributed by atoms with Crippen LogP contribution < -0.4 is 0 Å². The van der Waals surface area contributed by atoms with Crippen molar-refractivity contribution in [2.24, 2.45) is 0 Å². The summed E-state index contributed by atoms with van der Waals surface area (Å²) in [5.41, 5.74) is 2.51. The molecule has 1 atom stereocenters. The number of hydrogen-bond donors (Lipinski definition) is 1. The van der Waals surface area contributed by atoms with Gasteiger partial charge in [0.05, 0.1) is 17.1 Å². The Kier molecular flexibility index (Phi) is 4.93. The van der Waals surface area contributed by atoms with Crippen molar-refractivity contribution in [2.45, 2.75) is 32.0 Å². The van der Waals surface area contributed by atoms with E-state index in [1.165, 1.54) is 18.2 Å². The van der Waals surface area contributed by atoms with Gasteiger partial charge >= 0.3 is 0 Å². The van der Waals surface area contributed by atoms with Crippen LogP contribution in [0, 0.1) is 18.6 Å². The van der Waals surface area contributed by atoms with Gasteiger partial charge in [-0.3, -0.25) is 0 Å². The second-order valence-electron chi connectivity index (χ2n) is 7.33. The van der Waals surface area contributed by atoms with Crippen LogP contribution in [0.1, 0.15) is 35.9 Å². The van der Waals surface area contributed by atoms with E-state index in [9.17, 15) is 8.78 Å². The molecule has 4 nitrogen and oxygen atoms in total. The third-order valence-corrected chi connectivity index (χ3v) is 5.14. The third kappa shape index (κ3) is 3.87. The normalized spacial score (nSPS) is 17.5. The number of benzene rings is 2. The molecule has 142 valence electrons. The van der Waals surface area contributed by atoms with Crippen molar-refractivity contribution in [3.8, 4) is 0 Å². The van der Waals surface area contributed by atoms with E-state index in [4.69, 9.17) is 4.74 Å². The molecule has 1 aliphatic heterocycles. The molecule has 2 heterocycles. The van der Waals surface area contributed by atoms with Gasteiger partial charge in [0, 0.05) is 24.7 Å². The van der Waals surface area contributed by atoms with Gasteiger partial charge in [0.2, 0.25) is 0 Å². The SMILES string of the molecule is Cc1ccc(C(OC2CCN(C)CC2)c2nc3cc(F)ccc3[nH]2)c(F)c1. The average Bonchev–Trinajstić information content (AvgIpc) is 3.05. The monoisotopic (exact) mass is 371 g/mol. The summed E-state index contributed by atoms with van der Waals surface area (Å²) < 4.78 is 34.6. The molecule has 1 fully saturated rings. The predicted octanol–water partition coefficient (Wildman–Crippen LogP) is 4.35. The molecule has 0 radical (unpaired) electrons. The van der Waals surface area contributed by atoms with E-state index < -0.39 is 6.10 Å². The van der Waals surface area contributed by atoms with E-state index in [-0.39, 0.29) is 17.7 Å². The van der Waals surface area contributed by atoms with E-state index in [0.29, 0.717) is 22.4 Å². The second-order valence-corrected chi connectivity index (χ2v) is 7.33. The number of nitrogens with zero attached hydrogens (tertiary/aromatic N) is 2. The molecule has 0 spiro atoms. The molecule has 0 aliphatic carbocycles. The van der Waals surface area contributed by atoms with Crippen LogP contribution in [0.5, 0.6) is 0 Å². The first-order valence-corrected chi connectivity index (χ1v) is 9.25. The molecule has 3 aromatic rings. The Bertz CT molecular complexity index is 948. The fraction of sp³-hybridized carbons (Fsp3) is 0.381. The highest BCUT2D eigenvalue weighted by Gasteiger charge is 2.27. The summed E-state index contributed by atoms with van der Waals surface area (Å²) in [6, 6.07) is 9.50. The quantitative estimate of drug-likeness (QED) is 0.741. The third-order valence-electron chi connectivity index (χ3n) is 5.14. The minimum atomic E-state index is -0.658. The smallest absolute Gasteiger partial charge is 0.143 e. The van der Waals surface area contributed by atoms with Crippen molar-refractivity contribution in [1.82, 2.24) is 14.9 Å². The summed E-state index contributed by atoms with van der Waals surface area (Å²) in [7, 11) is 2.08. The molecule has 2 aromatic carbocycles. The molecule has 1 aromatic heterocycles. The van der Waals surface area contributed by atoms with Gasteiger partial charge in [-0.15, -0.1) is 0 Å². The lowest BCUT2D eigenvalue weighted by molar-refractivity contribution is -0.0276. The van der Waals surface area contributed by atoms with Gasteiger partial charge in [-0.2, -0.15) is 0 Å². The van der Waals surface area contributed by atoms with E-state index in [1.54, 1.807) is 12.1 Å². The molecular formula is C21H23F2N3O. The molecule has 27 heavy (non-hydrogen) atoms. The first kappa shape index (κ1) is 18.1. The van der Waals surface area contributed by atoms with Crippen LogP contribution in [0.4, 0.5) is 8.78 Å². The number of likely N-dealkylation sites (tertiary alicyclic amines) is 1. The summed E-state index contributed by atoms with van der Waals surface area (Å²) in [4.78, 5) is 9.93. The number of aromatic nitrogens is 2. The number of imidazole rings is 1. The number of aromatic amines is 1. The molecule has 0 bridgehead atoms. The van der Waals surface area contributed by atoms with Crippen molar-refractivity contribution in [1.29, 1.82) is 0 Å². The predicted molar refractivity (Wildman–Crippen MR) is 101 cm³/mol. The lowest BCUT2D eigenvalue weighted by atomic mass is 10.0. The van der Waals surface area contributed by atoms with E-state index >= 15 is 0 Å². The van der Waals surface area contributed by atoms with Crippen LogP contribution in [0.15, 0.2) is 36.4 Å². The van der Waals surface area contributed by atoms with Crippen molar-refractivity contribution in [2.75, 3.05) is 20.1 Å². The van der Waals surface area contributed by atoms with Crippen LogP contribution in [0.25, 0.3) is 11.0 Å². The maximum absolute atomic E-state index is 14.7. The lowest BCUT2D eigenvalue weighted by Crippen LogP contribution is -2.35. The summed E-state index contributed by atoms with van der Waals surface area (Å²) in [6.07, 6.45) is 1.14. The fourth-order valence-electron chi connectivity index (χ4n) is 3.57. The standard InChI is InChI=1S/C21H23F2N3O/c1-13-3-5-16(17(23)11-13)20(27-15-7-9-26(2)10-8-15)21-24-18-6-4-14(22)12-19(18)25-21/h3-6,11-12,15,20H,7-10H2,1-2H3,(H,24,25). The van der Waals surface area contributed by atoms with E-state index in [0.717, 1.165) is 31.5 Å². The number of rotatable bonds is 4. The lowest BCUT2D eigenvalue weighted by Gasteiger charge is -2.31. The molecule has 6 heteroatoms. The van der Waals surface area contributed by atoms with E-state index in [1.807, 2.05) is 13.0 Å². The number of piperidine rings is 1. The van der Waals surface area contributed by atoms with Crippen LogP contribution >= 0.6 is 0 Å². The van der Waals surface area contributed by atoms with Crippen molar-refractivity contribution in [3.05, 3.63) is 65.0 Å². The van der Waals surface area contributed by atoms with Gasteiger partial charge in [-0.05, 0) is 50.6 Å². The number of H-pyrrole nitrogens is 1. The average molecular weight is 371 g/mol. The summed E-state index contributed by atoms with van der Waals surface area (Å²) in [5, 5.41) is 0.